The number of nitrogens with one attached hydrogen (secondary N) is 1. The van der Waals surface area contributed by atoms with Crippen LogP contribution in [-0.2, 0) is 12.0 Å². The van der Waals surface area contributed by atoms with E-state index in [-0.39, 0.29) is 11.3 Å². The number of alkyl halides is 3. The van der Waals surface area contributed by atoms with Crippen LogP contribution in [0, 0.1) is 6.92 Å². The first-order valence-electron chi connectivity index (χ1n) is 11.5. The Labute approximate surface area is 217 Å². The van der Waals surface area contributed by atoms with E-state index in [1.54, 1.807) is 31.2 Å². The Balaban J connectivity index is 1.42. The minimum atomic E-state index is -3.67. The molecule has 0 saturated heterocycles. The van der Waals surface area contributed by atoms with Crippen molar-refractivity contribution in [1.82, 2.24) is 14.6 Å². The molecule has 0 unspecified atom stereocenters. The van der Waals surface area contributed by atoms with Gasteiger partial charge in [0.1, 0.15) is 18.1 Å². The van der Waals surface area contributed by atoms with Gasteiger partial charge in [0.05, 0.1) is 13.2 Å². The highest BCUT2D eigenvalue weighted by Crippen LogP contribution is 2.33. The summed E-state index contributed by atoms with van der Waals surface area (Å²) in [6, 6.07) is 14.8. The second kappa shape index (κ2) is 11.0. The predicted octanol–water partition coefficient (Wildman–Crippen LogP) is 5.95. The number of halogens is 3. The number of nitrogens with zero attached hydrogens (tertiary/aromatic N) is 3. The molecule has 1 amide bonds. The van der Waals surface area contributed by atoms with Gasteiger partial charge in [-0.1, -0.05) is 6.07 Å². The zero-order valence-corrected chi connectivity index (χ0v) is 21.2. The summed E-state index contributed by atoms with van der Waals surface area (Å²) < 4.78 is 45.5. The van der Waals surface area contributed by atoms with Crippen molar-refractivity contribution in [2.75, 3.05) is 18.5 Å². The Morgan fingerprint density at radius 2 is 1.70 bits per heavy atom. The third-order valence-electron chi connectivity index (χ3n) is 5.20. The van der Waals surface area contributed by atoms with Gasteiger partial charge in [-0.05, 0) is 80.4 Å². The molecular weight excluding hydrogens is 506 g/mol. The van der Waals surface area contributed by atoms with Gasteiger partial charge >= 0.3 is 5.38 Å². The maximum absolute atomic E-state index is 13.8. The SMILES string of the molecule is CCOc1ccc(COc2ccc(NC(=O)c3cc4nc(C)cc(C(F)(F)Cl)n4n3)cc2)cc1OCC. The topological polar surface area (TPSA) is 87.0 Å². The zero-order chi connectivity index (χ0) is 26.6. The first kappa shape index (κ1) is 26.2. The van der Waals surface area contributed by atoms with Gasteiger partial charge in [0, 0.05) is 17.4 Å². The van der Waals surface area contributed by atoms with Crippen molar-refractivity contribution < 1.29 is 27.8 Å². The summed E-state index contributed by atoms with van der Waals surface area (Å²) in [5, 5.41) is 2.98. The highest BCUT2D eigenvalue weighted by atomic mass is 35.5. The number of carbonyl (C=O) groups excluding carboxylic acids is 1. The lowest BCUT2D eigenvalue weighted by atomic mass is 10.2. The lowest BCUT2D eigenvalue weighted by Gasteiger charge is -2.13. The van der Waals surface area contributed by atoms with Crippen LogP contribution in [0.15, 0.2) is 54.6 Å². The van der Waals surface area contributed by atoms with Crippen LogP contribution in [0.4, 0.5) is 14.5 Å². The van der Waals surface area contributed by atoms with E-state index < -0.39 is 17.0 Å². The van der Waals surface area contributed by atoms with E-state index in [0.717, 1.165) is 16.1 Å². The third kappa shape index (κ3) is 6.26. The molecule has 1 N–H and O–H groups in total. The number of hydrogen-bond acceptors (Lipinski definition) is 6. The summed E-state index contributed by atoms with van der Waals surface area (Å²) in [5.74, 6) is 1.34. The summed E-state index contributed by atoms with van der Waals surface area (Å²) in [4.78, 5) is 16.8. The van der Waals surface area contributed by atoms with E-state index in [0.29, 0.717) is 48.5 Å². The maximum atomic E-state index is 13.8. The van der Waals surface area contributed by atoms with Crippen LogP contribution >= 0.6 is 11.6 Å². The molecule has 0 aliphatic rings. The molecule has 37 heavy (non-hydrogen) atoms. The van der Waals surface area contributed by atoms with Crippen LogP contribution in [0.5, 0.6) is 17.2 Å². The minimum Gasteiger partial charge on any atom is -0.490 e. The largest absolute Gasteiger partial charge is 0.490 e. The summed E-state index contributed by atoms with van der Waals surface area (Å²) in [7, 11) is 0. The number of benzene rings is 2. The Bertz CT molecular complexity index is 1400. The number of ether oxygens (including phenoxy) is 3. The first-order chi connectivity index (χ1) is 17.7. The van der Waals surface area contributed by atoms with Crippen molar-refractivity contribution in [2.24, 2.45) is 0 Å². The van der Waals surface area contributed by atoms with Crippen LogP contribution in [0.2, 0.25) is 0 Å². The lowest BCUT2D eigenvalue weighted by Crippen LogP contribution is -2.15. The standard InChI is InChI=1S/C26H25ClF2N4O4/c1-4-35-21-11-6-17(13-22(21)36-5-2)15-37-19-9-7-18(8-10-19)31-25(34)20-14-24-30-16(3)12-23(26(27,28)29)33(24)32-20/h6-14H,4-5,15H2,1-3H3,(H,31,34). The highest BCUT2D eigenvalue weighted by Gasteiger charge is 2.32. The Morgan fingerprint density at radius 1 is 1.00 bits per heavy atom. The summed E-state index contributed by atoms with van der Waals surface area (Å²) in [6.07, 6.45) is 0. The van der Waals surface area contributed by atoms with Crippen LogP contribution in [0.3, 0.4) is 0 Å². The molecule has 0 radical (unpaired) electrons. The predicted molar refractivity (Wildman–Crippen MR) is 135 cm³/mol. The highest BCUT2D eigenvalue weighted by molar-refractivity contribution is 6.21. The summed E-state index contributed by atoms with van der Waals surface area (Å²) >= 11 is 5.20. The fraction of sp³-hybridized carbons (Fsp3) is 0.269. The van der Waals surface area contributed by atoms with E-state index in [2.05, 4.69) is 15.4 Å². The van der Waals surface area contributed by atoms with Crippen LogP contribution in [0.25, 0.3) is 5.65 Å². The van der Waals surface area contributed by atoms with Crippen LogP contribution in [-0.4, -0.2) is 33.7 Å². The molecule has 0 fully saturated rings. The molecule has 4 aromatic rings. The number of amides is 1. The van der Waals surface area contributed by atoms with Gasteiger partial charge in [0.25, 0.3) is 5.91 Å². The third-order valence-corrected chi connectivity index (χ3v) is 5.40. The quantitative estimate of drug-likeness (QED) is 0.255. The molecule has 2 aromatic carbocycles. The molecule has 0 spiro atoms. The van der Waals surface area contributed by atoms with Gasteiger partial charge < -0.3 is 19.5 Å². The fourth-order valence-electron chi connectivity index (χ4n) is 3.59. The second-order valence-electron chi connectivity index (χ2n) is 7.99. The minimum absolute atomic E-state index is 0.0822. The van der Waals surface area contributed by atoms with Gasteiger partial charge in [0.2, 0.25) is 0 Å². The molecule has 0 aliphatic carbocycles. The van der Waals surface area contributed by atoms with Crippen molar-refractivity contribution in [3.05, 3.63) is 77.2 Å². The molecule has 0 aliphatic heterocycles. The Kier molecular flexibility index (Phi) is 7.77. The molecule has 11 heteroatoms. The maximum Gasteiger partial charge on any atom is 0.364 e. The van der Waals surface area contributed by atoms with Crippen molar-refractivity contribution in [3.8, 4) is 17.2 Å². The van der Waals surface area contributed by atoms with Crippen molar-refractivity contribution >= 4 is 28.8 Å². The van der Waals surface area contributed by atoms with Gasteiger partial charge in [-0.15, -0.1) is 0 Å². The second-order valence-corrected chi connectivity index (χ2v) is 8.47. The van der Waals surface area contributed by atoms with Crippen LogP contribution < -0.4 is 19.5 Å². The number of hydrogen-bond donors (Lipinski definition) is 1. The van der Waals surface area contributed by atoms with Crippen molar-refractivity contribution in [2.45, 2.75) is 32.8 Å². The molecule has 4 rings (SSSR count). The molecule has 0 atom stereocenters. The average molecular weight is 531 g/mol. The van der Waals surface area contributed by atoms with E-state index in [1.807, 2.05) is 32.0 Å². The van der Waals surface area contributed by atoms with Gasteiger partial charge in [0.15, 0.2) is 22.8 Å². The number of fused-ring (bicyclic) bond motifs is 1. The van der Waals surface area contributed by atoms with E-state index in [9.17, 15) is 13.6 Å². The van der Waals surface area contributed by atoms with Gasteiger partial charge in [-0.2, -0.15) is 13.9 Å². The number of rotatable bonds is 10. The monoisotopic (exact) mass is 530 g/mol. The summed E-state index contributed by atoms with van der Waals surface area (Å²) in [5.41, 5.74) is 1.14. The van der Waals surface area contributed by atoms with Gasteiger partial charge in [-0.25, -0.2) is 9.50 Å². The number of aromatic nitrogens is 3. The smallest absolute Gasteiger partial charge is 0.364 e. The number of anilines is 1. The normalized spacial score (nSPS) is 11.4. The van der Waals surface area contributed by atoms with Crippen LogP contribution in [0.1, 0.15) is 41.3 Å². The molecule has 8 nitrogen and oxygen atoms in total. The molecule has 2 aromatic heterocycles. The zero-order valence-electron chi connectivity index (χ0n) is 20.4. The van der Waals surface area contributed by atoms with E-state index >= 15 is 0 Å². The Hall–Kier alpha value is -3.92. The first-order valence-corrected chi connectivity index (χ1v) is 11.9. The molecule has 0 saturated carbocycles. The molecule has 0 bridgehead atoms. The molecule has 2 heterocycles. The van der Waals surface area contributed by atoms with E-state index in [4.69, 9.17) is 25.8 Å². The fourth-order valence-corrected chi connectivity index (χ4v) is 3.73. The summed E-state index contributed by atoms with van der Waals surface area (Å²) in [6.45, 7) is 6.73. The average Bonchev–Trinajstić information content (AvgIpc) is 3.28. The Morgan fingerprint density at radius 3 is 2.38 bits per heavy atom. The molecule has 194 valence electrons. The van der Waals surface area contributed by atoms with Crippen molar-refractivity contribution in [1.29, 1.82) is 0 Å². The van der Waals surface area contributed by atoms with Crippen molar-refractivity contribution in [3.63, 3.8) is 0 Å². The molecular formula is C26H25ClF2N4O4. The van der Waals surface area contributed by atoms with Gasteiger partial charge in [-0.3, -0.25) is 4.79 Å². The van der Waals surface area contributed by atoms with E-state index in [1.165, 1.54) is 6.07 Å². The number of carbonyl (C=O) groups is 1. The number of aryl methyl sites for hydroxylation is 1. The lowest BCUT2D eigenvalue weighted by molar-refractivity contribution is 0.0868.